The van der Waals surface area contributed by atoms with Crippen molar-refractivity contribution >= 4 is 17.7 Å². The molecule has 0 atom stereocenters. The first-order valence-corrected chi connectivity index (χ1v) is 5.63. The Balaban J connectivity index is 2.17. The monoisotopic (exact) mass is 200 g/mol. The fourth-order valence-electron chi connectivity index (χ4n) is 1.24. The second kappa shape index (κ2) is 5.29. The minimum absolute atomic E-state index is 0.369. The third-order valence-electron chi connectivity index (χ3n) is 2.18. The van der Waals surface area contributed by atoms with Gasteiger partial charge < -0.3 is 10.6 Å². The fraction of sp³-hybridized carbons (Fsp3) is 0.667. The van der Waals surface area contributed by atoms with Gasteiger partial charge in [-0.1, -0.05) is 6.58 Å². The predicted molar refractivity (Wildman–Crippen MR) is 56.7 cm³/mol. The van der Waals surface area contributed by atoms with E-state index in [4.69, 9.17) is 5.73 Å². The first-order chi connectivity index (χ1) is 6.20. The summed E-state index contributed by atoms with van der Waals surface area (Å²) < 4.78 is 0. The number of primary amides is 1. The molecule has 1 amide bonds. The first kappa shape index (κ1) is 10.6. The van der Waals surface area contributed by atoms with Gasteiger partial charge in [0.2, 0.25) is 5.91 Å². The minimum Gasteiger partial charge on any atom is -0.366 e. The van der Waals surface area contributed by atoms with Gasteiger partial charge in [0, 0.05) is 36.7 Å². The van der Waals surface area contributed by atoms with Gasteiger partial charge in [0.1, 0.15) is 0 Å². The summed E-state index contributed by atoms with van der Waals surface area (Å²) in [5, 5.41) is 0. The highest BCUT2D eigenvalue weighted by atomic mass is 32.2. The lowest BCUT2D eigenvalue weighted by atomic mass is 10.2. The van der Waals surface area contributed by atoms with Crippen molar-refractivity contribution in [2.45, 2.75) is 6.42 Å². The number of nitrogens with two attached hydrogens (primary N) is 1. The van der Waals surface area contributed by atoms with Crippen LogP contribution < -0.4 is 5.73 Å². The number of amides is 1. The van der Waals surface area contributed by atoms with Crippen LogP contribution in [0.1, 0.15) is 6.42 Å². The molecule has 1 fully saturated rings. The third-order valence-corrected chi connectivity index (χ3v) is 3.12. The van der Waals surface area contributed by atoms with Gasteiger partial charge in [-0.3, -0.25) is 4.79 Å². The molecular weight excluding hydrogens is 184 g/mol. The van der Waals surface area contributed by atoms with Gasteiger partial charge >= 0.3 is 0 Å². The van der Waals surface area contributed by atoms with E-state index in [1.54, 1.807) is 0 Å². The Kier molecular flexibility index (Phi) is 4.32. The van der Waals surface area contributed by atoms with E-state index in [2.05, 4.69) is 11.5 Å². The molecule has 13 heavy (non-hydrogen) atoms. The maximum atomic E-state index is 10.7. The molecule has 0 bridgehead atoms. The van der Waals surface area contributed by atoms with E-state index >= 15 is 0 Å². The zero-order valence-electron chi connectivity index (χ0n) is 7.79. The summed E-state index contributed by atoms with van der Waals surface area (Å²) in [6, 6.07) is 0. The van der Waals surface area contributed by atoms with Crippen molar-refractivity contribution in [3.63, 3.8) is 0 Å². The van der Waals surface area contributed by atoms with Crippen LogP contribution in [0.2, 0.25) is 0 Å². The van der Waals surface area contributed by atoms with E-state index in [1.807, 2.05) is 11.8 Å². The van der Waals surface area contributed by atoms with Gasteiger partial charge in [-0.25, -0.2) is 0 Å². The minimum atomic E-state index is -0.369. The second-order valence-electron chi connectivity index (χ2n) is 3.17. The lowest BCUT2D eigenvalue weighted by Crippen LogP contribution is -2.34. The van der Waals surface area contributed by atoms with E-state index in [0.29, 0.717) is 12.0 Å². The van der Waals surface area contributed by atoms with Crippen LogP contribution >= 0.6 is 11.8 Å². The van der Waals surface area contributed by atoms with E-state index in [0.717, 1.165) is 19.6 Å². The summed E-state index contributed by atoms with van der Waals surface area (Å²) >= 11 is 1.98. The highest BCUT2D eigenvalue weighted by molar-refractivity contribution is 7.99. The van der Waals surface area contributed by atoms with Crippen LogP contribution in [-0.2, 0) is 4.79 Å². The lowest BCUT2D eigenvalue weighted by molar-refractivity contribution is -0.114. The van der Waals surface area contributed by atoms with Crippen LogP contribution in [0.25, 0.3) is 0 Å². The van der Waals surface area contributed by atoms with Crippen molar-refractivity contribution in [3.8, 4) is 0 Å². The number of thioether (sulfide) groups is 1. The van der Waals surface area contributed by atoms with Gasteiger partial charge in [0.05, 0.1) is 0 Å². The molecule has 0 unspecified atom stereocenters. The molecular formula is C9H16N2OS. The summed E-state index contributed by atoms with van der Waals surface area (Å²) in [7, 11) is 0. The SMILES string of the molecule is C=C(CCN1CCSCC1)C(N)=O. The van der Waals surface area contributed by atoms with Gasteiger partial charge in [-0.2, -0.15) is 11.8 Å². The topological polar surface area (TPSA) is 46.3 Å². The lowest BCUT2D eigenvalue weighted by Gasteiger charge is -2.25. The summed E-state index contributed by atoms with van der Waals surface area (Å²) in [5.74, 6) is 2.03. The Bertz CT molecular complexity index is 200. The third kappa shape index (κ3) is 3.83. The summed E-state index contributed by atoms with van der Waals surface area (Å²) in [5.41, 5.74) is 5.63. The molecule has 0 spiro atoms. The van der Waals surface area contributed by atoms with E-state index in [9.17, 15) is 4.79 Å². The largest absolute Gasteiger partial charge is 0.366 e. The van der Waals surface area contributed by atoms with E-state index in [-0.39, 0.29) is 5.91 Å². The zero-order valence-corrected chi connectivity index (χ0v) is 8.61. The van der Waals surface area contributed by atoms with Crippen molar-refractivity contribution in [1.29, 1.82) is 0 Å². The number of carbonyl (C=O) groups excluding carboxylic acids is 1. The summed E-state index contributed by atoms with van der Waals surface area (Å²) in [4.78, 5) is 13.0. The molecule has 74 valence electrons. The predicted octanol–water partition coefficient (Wildman–Crippen LogP) is 0.467. The Morgan fingerprint density at radius 1 is 1.46 bits per heavy atom. The Hall–Kier alpha value is -0.480. The maximum Gasteiger partial charge on any atom is 0.244 e. The molecule has 1 aliphatic heterocycles. The molecule has 1 heterocycles. The zero-order chi connectivity index (χ0) is 9.68. The maximum absolute atomic E-state index is 10.7. The molecule has 1 rings (SSSR count). The van der Waals surface area contributed by atoms with Gasteiger partial charge in [-0.05, 0) is 6.42 Å². The fourth-order valence-corrected chi connectivity index (χ4v) is 2.22. The molecule has 0 radical (unpaired) electrons. The smallest absolute Gasteiger partial charge is 0.244 e. The normalized spacial score (nSPS) is 18.5. The number of hydrogen-bond acceptors (Lipinski definition) is 3. The summed E-state index contributed by atoms with van der Waals surface area (Å²) in [6.07, 6.45) is 0.708. The Morgan fingerprint density at radius 2 is 2.08 bits per heavy atom. The van der Waals surface area contributed by atoms with Crippen LogP contribution in [0.5, 0.6) is 0 Å². The highest BCUT2D eigenvalue weighted by Gasteiger charge is 2.11. The number of carbonyl (C=O) groups is 1. The van der Waals surface area contributed by atoms with Crippen molar-refractivity contribution in [1.82, 2.24) is 4.90 Å². The van der Waals surface area contributed by atoms with E-state index in [1.165, 1.54) is 11.5 Å². The molecule has 1 aliphatic rings. The average Bonchev–Trinajstić information content (AvgIpc) is 2.15. The Morgan fingerprint density at radius 3 is 2.62 bits per heavy atom. The van der Waals surface area contributed by atoms with Crippen LogP contribution in [0, 0.1) is 0 Å². The number of rotatable bonds is 4. The molecule has 0 aromatic heterocycles. The quantitative estimate of drug-likeness (QED) is 0.671. The molecule has 0 aliphatic carbocycles. The molecule has 0 saturated carbocycles. The molecule has 3 nitrogen and oxygen atoms in total. The molecule has 2 N–H and O–H groups in total. The standard InChI is InChI=1S/C9H16N2OS/c1-8(9(10)12)2-3-11-4-6-13-7-5-11/h1-7H2,(H2,10,12). The van der Waals surface area contributed by atoms with E-state index < -0.39 is 0 Å². The molecule has 0 aromatic carbocycles. The van der Waals surface area contributed by atoms with Gasteiger partial charge in [-0.15, -0.1) is 0 Å². The van der Waals surface area contributed by atoms with Gasteiger partial charge in [0.15, 0.2) is 0 Å². The van der Waals surface area contributed by atoms with Crippen molar-refractivity contribution in [2.24, 2.45) is 5.73 Å². The van der Waals surface area contributed by atoms with Crippen LogP contribution in [-0.4, -0.2) is 41.9 Å². The second-order valence-corrected chi connectivity index (χ2v) is 4.40. The first-order valence-electron chi connectivity index (χ1n) is 4.48. The molecule has 1 saturated heterocycles. The number of hydrogen-bond donors (Lipinski definition) is 1. The van der Waals surface area contributed by atoms with Crippen LogP contribution in [0.15, 0.2) is 12.2 Å². The Labute approximate surface area is 83.3 Å². The summed E-state index contributed by atoms with van der Waals surface area (Å²) in [6.45, 7) is 6.79. The van der Waals surface area contributed by atoms with Gasteiger partial charge in [0.25, 0.3) is 0 Å². The van der Waals surface area contributed by atoms with Crippen molar-refractivity contribution in [3.05, 3.63) is 12.2 Å². The van der Waals surface area contributed by atoms with Crippen LogP contribution in [0.4, 0.5) is 0 Å². The van der Waals surface area contributed by atoms with Crippen molar-refractivity contribution in [2.75, 3.05) is 31.1 Å². The highest BCUT2D eigenvalue weighted by Crippen LogP contribution is 2.10. The average molecular weight is 200 g/mol. The van der Waals surface area contributed by atoms with Crippen molar-refractivity contribution < 1.29 is 4.79 Å². The number of nitrogens with zero attached hydrogens (tertiary/aromatic N) is 1. The molecule has 0 aromatic rings. The molecule has 4 heteroatoms. The van der Waals surface area contributed by atoms with Crippen LogP contribution in [0.3, 0.4) is 0 Å².